The van der Waals surface area contributed by atoms with Gasteiger partial charge < -0.3 is 42.7 Å². The number of carbonyl (C=O) groups is 5. The van der Waals surface area contributed by atoms with Crippen LogP contribution in [0.5, 0.6) is 0 Å². The summed E-state index contributed by atoms with van der Waals surface area (Å²) in [5.41, 5.74) is 10.6. The highest BCUT2D eigenvalue weighted by Gasteiger charge is 2.33. The molecule has 6 unspecified atom stereocenters. The van der Waals surface area contributed by atoms with Crippen LogP contribution in [0.2, 0.25) is 0 Å². The average molecular weight is 452 g/mol. The summed E-state index contributed by atoms with van der Waals surface area (Å²) in [6, 6.07) is -5.67. The zero-order chi connectivity index (χ0) is 23.6. The van der Waals surface area contributed by atoms with Crippen LogP contribution < -0.4 is 27.4 Å². The van der Waals surface area contributed by atoms with Gasteiger partial charge in [-0.05, 0) is 20.3 Å². The van der Waals surface area contributed by atoms with E-state index in [0.717, 1.165) is 6.92 Å². The van der Waals surface area contributed by atoms with Crippen molar-refractivity contribution in [3.8, 4) is 0 Å². The van der Waals surface area contributed by atoms with Crippen molar-refractivity contribution in [1.82, 2.24) is 16.0 Å². The normalized spacial score (nSPS) is 16.9. The molecule has 0 aromatic heterocycles. The van der Waals surface area contributed by atoms with Gasteiger partial charge in [0.1, 0.15) is 12.1 Å². The van der Waals surface area contributed by atoms with Crippen molar-refractivity contribution in [3.63, 3.8) is 0 Å². The van der Waals surface area contributed by atoms with Gasteiger partial charge in [-0.25, -0.2) is 4.79 Å². The van der Waals surface area contributed by atoms with Crippen molar-refractivity contribution in [2.75, 3.05) is 5.75 Å². The molecule has 0 rings (SSSR count). The number of hydrogen-bond acceptors (Lipinski definition) is 9. The Bertz CT molecular complexity index is 645. The van der Waals surface area contributed by atoms with Crippen molar-refractivity contribution in [3.05, 3.63) is 0 Å². The number of carbonyl (C=O) groups excluding carboxylic acids is 4. The van der Waals surface area contributed by atoms with E-state index in [0.29, 0.717) is 0 Å². The summed E-state index contributed by atoms with van der Waals surface area (Å²) in [5.74, 6) is -5.11. The summed E-state index contributed by atoms with van der Waals surface area (Å²) in [5, 5.41) is 34.9. The van der Waals surface area contributed by atoms with Gasteiger partial charge in [-0.1, -0.05) is 0 Å². The lowest BCUT2D eigenvalue weighted by Gasteiger charge is -2.26. The molecule has 6 atom stereocenters. The third-order valence-electron chi connectivity index (χ3n) is 3.95. The van der Waals surface area contributed by atoms with E-state index in [9.17, 15) is 34.2 Å². The Morgan fingerprint density at radius 2 is 1.40 bits per heavy atom. The average Bonchev–Trinajstić information content (AvgIpc) is 2.64. The first kappa shape index (κ1) is 27.6. The lowest BCUT2D eigenvalue weighted by molar-refractivity contribution is -0.145. The summed E-state index contributed by atoms with van der Waals surface area (Å²) in [4.78, 5) is 59.1. The molecule has 0 aliphatic heterocycles. The van der Waals surface area contributed by atoms with Crippen molar-refractivity contribution in [1.29, 1.82) is 0 Å². The summed E-state index contributed by atoms with van der Waals surface area (Å²) >= 11 is 3.86. The predicted octanol–water partition coefficient (Wildman–Crippen LogP) is -4.19. The van der Waals surface area contributed by atoms with Crippen LogP contribution in [0.1, 0.15) is 26.7 Å². The number of primary amides is 1. The van der Waals surface area contributed by atoms with Crippen LogP contribution in [0.15, 0.2) is 0 Å². The number of thiol groups is 1. The minimum absolute atomic E-state index is 0.0282. The fourth-order valence-electron chi connectivity index (χ4n) is 2.21. The standard InChI is InChI=1S/C16H29N5O8S/c1-6(22)11(20-13(25)8(17)5-30)15(27)19-9(3-4-10(18)24)14(26)21-12(7(2)23)16(28)29/h6-9,11-12,22-23,30H,3-5,17H2,1-2H3,(H2,18,24)(H,19,27)(H,20,25)(H,21,26)(H,28,29). The van der Waals surface area contributed by atoms with Gasteiger partial charge in [0.15, 0.2) is 6.04 Å². The maximum absolute atomic E-state index is 12.5. The molecule has 0 fully saturated rings. The zero-order valence-electron chi connectivity index (χ0n) is 16.6. The smallest absolute Gasteiger partial charge is 0.328 e. The largest absolute Gasteiger partial charge is 0.480 e. The molecule has 0 saturated carbocycles. The second-order valence-corrected chi connectivity index (χ2v) is 7.01. The molecular weight excluding hydrogens is 422 g/mol. The van der Waals surface area contributed by atoms with Gasteiger partial charge >= 0.3 is 5.97 Å². The SMILES string of the molecule is CC(O)C(NC(=O)C(CCC(N)=O)NC(=O)C(NC(=O)C(N)CS)C(C)O)C(=O)O. The lowest BCUT2D eigenvalue weighted by atomic mass is 10.1. The molecule has 14 heteroatoms. The van der Waals surface area contributed by atoms with Gasteiger partial charge in [-0.15, -0.1) is 0 Å². The molecule has 0 bridgehead atoms. The number of aliphatic hydroxyl groups excluding tert-OH is 2. The maximum Gasteiger partial charge on any atom is 0.328 e. The van der Waals surface area contributed by atoms with Crippen LogP contribution in [-0.2, 0) is 24.0 Å². The van der Waals surface area contributed by atoms with E-state index >= 15 is 0 Å². The first-order chi connectivity index (χ1) is 13.8. The zero-order valence-corrected chi connectivity index (χ0v) is 17.5. The number of amides is 4. The van der Waals surface area contributed by atoms with Crippen LogP contribution in [0.3, 0.4) is 0 Å². The summed E-state index contributed by atoms with van der Waals surface area (Å²) in [7, 11) is 0. The van der Waals surface area contributed by atoms with Gasteiger partial charge in [-0.3, -0.25) is 19.2 Å². The number of aliphatic hydroxyl groups is 2. The molecule has 30 heavy (non-hydrogen) atoms. The van der Waals surface area contributed by atoms with Crippen LogP contribution in [0, 0.1) is 0 Å². The molecule has 10 N–H and O–H groups in total. The molecule has 0 aliphatic rings. The molecule has 4 amide bonds. The van der Waals surface area contributed by atoms with Crippen molar-refractivity contribution in [2.45, 2.75) is 63.1 Å². The van der Waals surface area contributed by atoms with Gasteiger partial charge in [0.05, 0.1) is 18.2 Å². The Hall–Kier alpha value is -2.42. The number of rotatable bonds is 13. The topological polar surface area (TPSA) is 234 Å². The van der Waals surface area contributed by atoms with Crippen LogP contribution in [0.4, 0.5) is 0 Å². The maximum atomic E-state index is 12.5. The molecule has 13 nitrogen and oxygen atoms in total. The van der Waals surface area contributed by atoms with Crippen molar-refractivity contribution < 1.29 is 39.3 Å². The van der Waals surface area contributed by atoms with E-state index in [-0.39, 0.29) is 18.6 Å². The fraction of sp³-hybridized carbons (Fsp3) is 0.688. The van der Waals surface area contributed by atoms with Gasteiger partial charge in [0.25, 0.3) is 0 Å². The number of aliphatic carboxylic acids is 1. The molecule has 0 aromatic rings. The highest BCUT2D eigenvalue weighted by Crippen LogP contribution is 2.03. The second kappa shape index (κ2) is 13.0. The number of nitrogens with one attached hydrogen (secondary N) is 3. The quantitative estimate of drug-likeness (QED) is 0.123. The highest BCUT2D eigenvalue weighted by atomic mass is 32.1. The minimum atomic E-state index is -1.67. The van der Waals surface area contributed by atoms with Gasteiger partial charge in [0.2, 0.25) is 23.6 Å². The fourth-order valence-corrected chi connectivity index (χ4v) is 2.37. The monoisotopic (exact) mass is 451 g/mol. The third-order valence-corrected chi connectivity index (χ3v) is 4.35. The minimum Gasteiger partial charge on any atom is -0.480 e. The third kappa shape index (κ3) is 9.39. The molecule has 0 saturated heterocycles. The number of nitrogens with two attached hydrogens (primary N) is 2. The van der Waals surface area contributed by atoms with Crippen LogP contribution in [0.25, 0.3) is 0 Å². The summed E-state index contributed by atoms with van der Waals surface area (Å²) in [6.45, 7) is 2.35. The molecule has 0 aliphatic carbocycles. The molecular formula is C16H29N5O8S. The molecule has 172 valence electrons. The summed E-state index contributed by atoms with van der Waals surface area (Å²) in [6.07, 6.45) is -3.47. The Balaban J connectivity index is 5.47. The summed E-state index contributed by atoms with van der Waals surface area (Å²) < 4.78 is 0. The van der Waals surface area contributed by atoms with E-state index in [4.69, 9.17) is 16.6 Å². The van der Waals surface area contributed by atoms with E-state index in [1.165, 1.54) is 6.92 Å². The Labute approximate surface area is 178 Å². The van der Waals surface area contributed by atoms with E-state index in [2.05, 4.69) is 23.3 Å². The number of hydrogen-bond donors (Lipinski definition) is 9. The molecule has 0 radical (unpaired) electrons. The Morgan fingerprint density at radius 1 is 0.900 bits per heavy atom. The van der Waals surface area contributed by atoms with Crippen LogP contribution >= 0.6 is 12.6 Å². The van der Waals surface area contributed by atoms with E-state index in [1.807, 2.05) is 5.32 Å². The highest BCUT2D eigenvalue weighted by molar-refractivity contribution is 7.80. The Kier molecular flexibility index (Phi) is 11.9. The Morgan fingerprint density at radius 3 is 1.80 bits per heavy atom. The number of carboxylic acids is 1. The van der Waals surface area contributed by atoms with Crippen molar-refractivity contribution >= 4 is 42.2 Å². The molecule has 0 heterocycles. The predicted molar refractivity (Wildman–Crippen MR) is 107 cm³/mol. The van der Waals surface area contributed by atoms with E-state index < -0.39 is 66.0 Å². The molecule has 0 aromatic carbocycles. The van der Waals surface area contributed by atoms with Gasteiger partial charge in [-0.2, -0.15) is 12.6 Å². The first-order valence-corrected chi connectivity index (χ1v) is 9.59. The van der Waals surface area contributed by atoms with Crippen LogP contribution in [-0.4, -0.2) is 87.0 Å². The first-order valence-electron chi connectivity index (χ1n) is 8.96. The van der Waals surface area contributed by atoms with Gasteiger partial charge in [0, 0.05) is 12.2 Å². The molecule has 0 spiro atoms. The second-order valence-electron chi connectivity index (χ2n) is 6.65. The lowest BCUT2D eigenvalue weighted by Crippen LogP contribution is -2.60. The van der Waals surface area contributed by atoms with E-state index in [1.54, 1.807) is 0 Å². The number of carboxylic acid groups (broad SMARTS) is 1. The van der Waals surface area contributed by atoms with Crippen molar-refractivity contribution in [2.24, 2.45) is 11.5 Å².